The molecule has 1 heterocycles. The molecule has 19 heavy (non-hydrogen) atoms. The highest BCUT2D eigenvalue weighted by atomic mass is 16.5. The number of rotatable bonds is 3. The molecule has 0 spiro atoms. The molecule has 5 nitrogen and oxygen atoms in total. The van der Waals surface area contributed by atoms with Gasteiger partial charge in [-0.2, -0.15) is 0 Å². The van der Waals surface area contributed by atoms with Gasteiger partial charge in [-0.1, -0.05) is 12.7 Å². The number of hydrogen-bond donors (Lipinski definition) is 1. The third kappa shape index (κ3) is 2.54. The smallest absolute Gasteiger partial charge is 0.338 e. The van der Waals surface area contributed by atoms with Crippen LogP contribution >= 0.6 is 0 Å². The van der Waals surface area contributed by atoms with Crippen LogP contribution in [0.15, 0.2) is 24.8 Å². The number of hydrogen-bond acceptors (Lipinski definition) is 5. The monoisotopic (exact) mass is 257 g/mol. The van der Waals surface area contributed by atoms with Gasteiger partial charge in [-0.05, 0) is 26.0 Å². The Morgan fingerprint density at radius 1 is 1.37 bits per heavy atom. The molecule has 1 aromatic heterocycles. The summed E-state index contributed by atoms with van der Waals surface area (Å²) in [7, 11) is 0. The van der Waals surface area contributed by atoms with Crippen LogP contribution < -0.4 is 5.73 Å². The molecule has 0 atom stereocenters. The largest absolute Gasteiger partial charge is 0.458 e. The average Bonchev–Trinajstić information content (AvgIpc) is 2.38. The van der Waals surface area contributed by atoms with E-state index in [0.717, 1.165) is 11.4 Å². The van der Waals surface area contributed by atoms with Gasteiger partial charge in [0.15, 0.2) is 0 Å². The highest BCUT2D eigenvalue weighted by Gasteiger charge is 2.12. The Bertz CT molecular complexity index is 665. The Labute approximate surface area is 111 Å². The number of carbonyl (C=O) groups excluding carboxylic acids is 1. The second-order valence-electron chi connectivity index (χ2n) is 4.21. The molecule has 1 aromatic carbocycles. The van der Waals surface area contributed by atoms with Crippen molar-refractivity contribution in [1.29, 1.82) is 0 Å². The third-order valence-electron chi connectivity index (χ3n) is 2.78. The van der Waals surface area contributed by atoms with Crippen molar-refractivity contribution in [1.82, 2.24) is 9.97 Å². The summed E-state index contributed by atoms with van der Waals surface area (Å²) >= 11 is 0. The lowest BCUT2D eigenvalue weighted by molar-refractivity contribution is 0.0550. The first kappa shape index (κ1) is 13.0. The number of nitrogens with zero attached hydrogens (tertiary/aromatic N) is 2. The molecule has 0 bridgehead atoms. The van der Waals surface area contributed by atoms with Crippen molar-refractivity contribution in [2.24, 2.45) is 0 Å². The summed E-state index contributed by atoms with van der Waals surface area (Å²) in [4.78, 5) is 20.5. The number of nitrogen functional groups attached to an aromatic ring is 1. The molecule has 2 aromatic rings. The van der Waals surface area contributed by atoms with Crippen LogP contribution in [0, 0.1) is 13.8 Å². The minimum atomic E-state index is -0.450. The van der Waals surface area contributed by atoms with Crippen LogP contribution in [0.25, 0.3) is 11.0 Å². The Morgan fingerprint density at radius 2 is 2.05 bits per heavy atom. The first-order chi connectivity index (χ1) is 9.02. The lowest BCUT2D eigenvalue weighted by Gasteiger charge is -2.08. The predicted octanol–water partition coefficient (Wildman–Crippen LogP) is 2.17. The number of nitrogens with two attached hydrogens (primary N) is 1. The molecule has 2 N–H and O–H groups in total. The second kappa shape index (κ2) is 5.06. The maximum Gasteiger partial charge on any atom is 0.338 e. The van der Waals surface area contributed by atoms with Crippen LogP contribution in [0.1, 0.15) is 21.7 Å². The van der Waals surface area contributed by atoms with Crippen LogP contribution in [0.2, 0.25) is 0 Å². The second-order valence-corrected chi connectivity index (χ2v) is 4.21. The molecule has 0 saturated carbocycles. The molecule has 0 aliphatic carbocycles. The molecule has 0 radical (unpaired) electrons. The number of anilines is 1. The summed E-state index contributed by atoms with van der Waals surface area (Å²) < 4.78 is 4.97. The zero-order valence-electron chi connectivity index (χ0n) is 10.9. The number of fused-ring (bicyclic) bond motifs is 1. The van der Waals surface area contributed by atoms with Gasteiger partial charge in [0, 0.05) is 0 Å². The maximum absolute atomic E-state index is 11.8. The molecule has 0 fully saturated rings. The van der Waals surface area contributed by atoms with Gasteiger partial charge in [0.1, 0.15) is 12.1 Å². The highest BCUT2D eigenvalue weighted by Crippen LogP contribution is 2.21. The fourth-order valence-electron chi connectivity index (χ4n) is 1.69. The maximum atomic E-state index is 11.8. The molecule has 0 amide bonds. The molecule has 98 valence electrons. The third-order valence-corrected chi connectivity index (χ3v) is 2.78. The zero-order chi connectivity index (χ0) is 14.0. The summed E-state index contributed by atoms with van der Waals surface area (Å²) in [6.45, 7) is 7.38. The zero-order valence-corrected chi connectivity index (χ0v) is 10.9. The van der Waals surface area contributed by atoms with Crippen molar-refractivity contribution in [2.45, 2.75) is 13.8 Å². The van der Waals surface area contributed by atoms with Crippen LogP contribution in [0.5, 0.6) is 0 Å². The van der Waals surface area contributed by atoms with E-state index in [9.17, 15) is 4.79 Å². The number of esters is 1. The van der Waals surface area contributed by atoms with Gasteiger partial charge in [-0.15, -0.1) is 0 Å². The van der Waals surface area contributed by atoms with E-state index in [1.165, 1.54) is 6.08 Å². The average molecular weight is 257 g/mol. The molecule has 0 unspecified atom stereocenters. The first-order valence-electron chi connectivity index (χ1n) is 5.85. The Balaban J connectivity index is 2.52. The topological polar surface area (TPSA) is 78.1 Å². The van der Waals surface area contributed by atoms with E-state index < -0.39 is 5.97 Å². The van der Waals surface area contributed by atoms with E-state index in [-0.39, 0.29) is 6.61 Å². The number of benzene rings is 1. The molecule has 5 heteroatoms. The fraction of sp³-hybridized carbons (Fsp3) is 0.214. The van der Waals surface area contributed by atoms with Gasteiger partial charge < -0.3 is 10.5 Å². The van der Waals surface area contributed by atoms with Crippen LogP contribution in [0.4, 0.5) is 5.69 Å². The quantitative estimate of drug-likeness (QED) is 0.518. The molecule has 2 rings (SSSR count). The summed E-state index contributed by atoms with van der Waals surface area (Å²) in [6.07, 6.45) is 1.51. The van der Waals surface area contributed by atoms with Gasteiger partial charge in [-0.3, -0.25) is 0 Å². The molecular weight excluding hydrogens is 242 g/mol. The van der Waals surface area contributed by atoms with E-state index in [0.29, 0.717) is 22.3 Å². The normalized spacial score (nSPS) is 10.4. The lowest BCUT2D eigenvalue weighted by Crippen LogP contribution is -2.07. The number of carbonyl (C=O) groups is 1. The lowest BCUT2D eigenvalue weighted by atomic mass is 10.1. The van der Waals surface area contributed by atoms with E-state index in [1.807, 2.05) is 13.8 Å². The van der Waals surface area contributed by atoms with Crippen molar-refractivity contribution >= 4 is 22.7 Å². The fourth-order valence-corrected chi connectivity index (χ4v) is 1.69. The Hall–Kier alpha value is -2.43. The summed E-state index contributed by atoms with van der Waals surface area (Å²) in [5.74, 6) is -0.450. The molecule has 0 aliphatic heterocycles. The van der Waals surface area contributed by atoms with Gasteiger partial charge in [0.25, 0.3) is 0 Å². The van der Waals surface area contributed by atoms with Crippen molar-refractivity contribution < 1.29 is 9.53 Å². The minimum absolute atomic E-state index is 0.162. The first-order valence-corrected chi connectivity index (χ1v) is 5.85. The number of aromatic nitrogens is 2. The van der Waals surface area contributed by atoms with Crippen molar-refractivity contribution in [2.75, 3.05) is 12.3 Å². The Kier molecular flexibility index (Phi) is 3.46. The van der Waals surface area contributed by atoms with Gasteiger partial charge in [0.2, 0.25) is 0 Å². The van der Waals surface area contributed by atoms with Crippen molar-refractivity contribution in [3.05, 3.63) is 41.7 Å². The Morgan fingerprint density at radius 3 is 2.74 bits per heavy atom. The van der Waals surface area contributed by atoms with Crippen LogP contribution in [-0.4, -0.2) is 22.5 Å². The van der Waals surface area contributed by atoms with Crippen LogP contribution in [0.3, 0.4) is 0 Å². The van der Waals surface area contributed by atoms with E-state index >= 15 is 0 Å². The number of aryl methyl sites for hydroxylation is 2. The SMILES string of the molecule is C=CCOC(=O)c1cc(N)c2nc(C)c(C)nc2c1. The standard InChI is InChI=1S/C14H15N3O2/c1-4-5-19-14(18)10-6-11(15)13-12(7-10)16-8(2)9(3)17-13/h4,6-7H,1,5,15H2,2-3H3. The van der Waals surface area contributed by atoms with E-state index in [1.54, 1.807) is 12.1 Å². The summed E-state index contributed by atoms with van der Waals surface area (Å²) in [6, 6.07) is 3.19. The molecular formula is C14H15N3O2. The van der Waals surface area contributed by atoms with Gasteiger partial charge >= 0.3 is 5.97 Å². The molecule has 0 saturated heterocycles. The van der Waals surface area contributed by atoms with E-state index in [4.69, 9.17) is 10.5 Å². The van der Waals surface area contributed by atoms with Gasteiger partial charge in [0.05, 0.1) is 28.2 Å². The minimum Gasteiger partial charge on any atom is -0.458 e. The predicted molar refractivity (Wildman–Crippen MR) is 73.9 cm³/mol. The van der Waals surface area contributed by atoms with E-state index in [2.05, 4.69) is 16.5 Å². The summed E-state index contributed by atoms with van der Waals surface area (Å²) in [5.41, 5.74) is 9.51. The summed E-state index contributed by atoms with van der Waals surface area (Å²) in [5, 5.41) is 0. The molecule has 0 aliphatic rings. The van der Waals surface area contributed by atoms with Crippen molar-refractivity contribution in [3.8, 4) is 0 Å². The van der Waals surface area contributed by atoms with Crippen molar-refractivity contribution in [3.63, 3.8) is 0 Å². The number of ether oxygens (including phenoxy) is 1. The highest BCUT2D eigenvalue weighted by molar-refractivity contribution is 5.98. The van der Waals surface area contributed by atoms with Gasteiger partial charge in [-0.25, -0.2) is 14.8 Å². The van der Waals surface area contributed by atoms with Crippen LogP contribution in [-0.2, 0) is 4.74 Å².